The Kier molecular flexibility index (Phi) is 7.16. The van der Waals surface area contributed by atoms with Crippen molar-refractivity contribution < 1.29 is 13.5 Å². The Bertz CT molecular complexity index is 573. The Morgan fingerprint density at radius 2 is 1.41 bits per heavy atom. The number of alkyl halides is 2. The summed E-state index contributed by atoms with van der Waals surface area (Å²) in [4.78, 5) is 0. The van der Waals surface area contributed by atoms with E-state index in [-0.39, 0.29) is 0 Å². The van der Waals surface area contributed by atoms with Gasteiger partial charge in [-0.1, -0.05) is 44.7 Å². The first-order valence-corrected chi connectivity index (χ1v) is 11.0. The number of benzene rings is 1. The largest absolute Gasteiger partial charge is 0.434 e. The minimum Gasteiger partial charge on any atom is -0.434 e. The molecule has 0 unspecified atom stereocenters. The molecule has 152 valence electrons. The van der Waals surface area contributed by atoms with Crippen LogP contribution < -0.4 is 4.74 Å². The minimum atomic E-state index is -2.75. The number of aryl methyl sites for hydroxylation is 3. The zero-order chi connectivity index (χ0) is 19.4. The van der Waals surface area contributed by atoms with Crippen molar-refractivity contribution >= 4 is 0 Å². The standard InChI is InChI=1S/C24H36F2O/c1-16-4-10-21(11-5-16)22-12-8-19(9-13-22)6-7-20-14-17(2)23(18(3)15-20)27-24(25)26/h14-16,19,21-22,24H,4-13H2,1-3H3. The second kappa shape index (κ2) is 9.39. The van der Waals surface area contributed by atoms with Crippen molar-refractivity contribution in [1.82, 2.24) is 0 Å². The quantitative estimate of drug-likeness (QED) is 0.499. The Morgan fingerprint density at radius 1 is 0.889 bits per heavy atom. The van der Waals surface area contributed by atoms with Gasteiger partial charge < -0.3 is 4.74 Å². The zero-order valence-corrected chi connectivity index (χ0v) is 17.3. The first-order valence-electron chi connectivity index (χ1n) is 11.0. The molecule has 0 atom stereocenters. The molecule has 3 rings (SSSR count). The highest BCUT2D eigenvalue weighted by Gasteiger charge is 2.29. The van der Waals surface area contributed by atoms with E-state index in [2.05, 4.69) is 11.7 Å². The van der Waals surface area contributed by atoms with Crippen LogP contribution in [0.15, 0.2) is 12.1 Å². The van der Waals surface area contributed by atoms with Crippen LogP contribution in [0.4, 0.5) is 8.78 Å². The van der Waals surface area contributed by atoms with Gasteiger partial charge >= 0.3 is 6.61 Å². The van der Waals surface area contributed by atoms with Crippen LogP contribution in [0.3, 0.4) is 0 Å². The van der Waals surface area contributed by atoms with Crippen LogP contribution in [0.1, 0.15) is 81.4 Å². The van der Waals surface area contributed by atoms with Crippen molar-refractivity contribution in [3.63, 3.8) is 0 Å². The van der Waals surface area contributed by atoms with E-state index in [1.54, 1.807) is 0 Å². The van der Waals surface area contributed by atoms with E-state index in [1.165, 1.54) is 63.4 Å². The van der Waals surface area contributed by atoms with Crippen LogP contribution in [-0.2, 0) is 6.42 Å². The molecule has 0 aromatic heterocycles. The maximum Gasteiger partial charge on any atom is 0.387 e. The molecule has 0 amide bonds. The van der Waals surface area contributed by atoms with E-state index >= 15 is 0 Å². The molecule has 2 fully saturated rings. The molecule has 1 nitrogen and oxygen atoms in total. The van der Waals surface area contributed by atoms with E-state index in [4.69, 9.17) is 0 Å². The van der Waals surface area contributed by atoms with Crippen molar-refractivity contribution in [2.45, 2.75) is 91.6 Å². The fourth-order valence-corrected chi connectivity index (χ4v) is 5.54. The van der Waals surface area contributed by atoms with Crippen LogP contribution in [0.25, 0.3) is 0 Å². The summed E-state index contributed by atoms with van der Waals surface area (Å²) >= 11 is 0. The lowest BCUT2D eigenvalue weighted by Crippen LogP contribution is -2.25. The van der Waals surface area contributed by atoms with Gasteiger partial charge in [-0.2, -0.15) is 8.78 Å². The lowest BCUT2D eigenvalue weighted by molar-refractivity contribution is -0.0507. The predicted octanol–water partition coefficient (Wildman–Crippen LogP) is 7.47. The molecule has 0 saturated heterocycles. The highest BCUT2D eigenvalue weighted by molar-refractivity contribution is 5.43. The van der Waals surface area contributed by atoms with Crippen molar-refractivity contribution in [1.29, 1.82) is 0 Å². The lowest BCUT2D eigenvalue weighted by Gasteiger charge is -2.37. The summed E-state index contributed by atoms with van der Waals surface area (Å²) in [6, 6.07) is 4.05. The average molecular weight is 379 g/mol. The van der Waals surface area contributed by atoms with Gasteiger partial charge in [-0.05, 0) is 92.7 Å². The normalized spacial score (nSPS) is 29.1. The van der Waals surface area contributed by atoms with Gasteiger partial charge in [0.25, 0.3) is 0 Å². The number of rotatable bonds is 6. The van der Waals surface area contributed by atoms with Crippen LogP contribution in [0.5, 0.6) is 5.75 Å². The fraction of sp³-hybridized carbons (Fsp3) is 0.750. The summed E-state index contributed by atoms with van der Waals surface area (Å²) < 4.78 is 29.7. The summed E-state index contributed by atoms with van der Waals surface area (Å²) in [5, 5.41) is 0. The molecule has 0 radical (unpaired) electrons. The molecule has 1 aromatic carbocycles. The Labute approximate surface area is 163 Å². The number of hydrogen-bond donors (Lipinski definition) is 0. The maximum atomic E-state index is 12.5. The van der Waals surface area contributed by atoms with E-state index in [0.29, 0.717) is 5.75 Å². The molecule has 0 bridgehead atoms. The van der Waals surface area contributed by atoms with Crippen molar-refractivity contribution in [2.75, 3.05) is 0 Å². The zero-order valence-electron chi connectivity index (χ0n) is 17.3. The number of hydrogen-bond acceptors (Lipinski definition) is 1. The molecule has 27 heavy (non-hydrogen) atoms. The molecule has 0 heterocycles. The van der Waals surface area contributed by atoms with Gasteiger partial charge in [-0.3, -0.25) is 0 Å². The molecule has 0 spiro atoms. The Hall–Kier alpha value is -1.12. The maximum absolute atomic E-state index is 12.5. The highest BCUT2D eigenvalue weighted by atomic mass is 19.3. The third-order valence-corrected chi connectivity index (χ3v) is 7.19. The Balaban J connectivity index is 1.46. The predicted molar refractivity (Wildman–Crippen MR) is 107 cm³/mol. The van der Waals surface area contributed by atoms with Crippen molar-refractivity contribution in [3.8, 4) is 5.75 Å². The van der Waals surface area contributed by atoms with Crippen LogP contribution in [-0.4, -0.2) is 6.61 Å². The summed E-state index contributed by atoms with van der Waals surface area (Å²) in [6.07, 6.45) is 13.7. The topological polar surface area (TPSA) is 9.23 Å². The molecule has 1 aromatic rings. The molecule has 2 aliphatic rings. The van der Waals surface area contributed by atoms with Gasteiger partial charge in [0.1, 0.15) is 5.75 Å². The van der Waals surface area contributed by atoms with E-state index in [0.717, 1.165) is 41.2 Å². The number of halogens is 2. The van der Waals surface area contributed by atoms with Crippen LogP contribution >= 0.6 is 0 Å². The lowest BCUT2D eigenvalue weighted by atomic mass is 9.69. The van der Waals surface area contributed by atoms with Gasteiger partial charge in [0.2, 0.25) is 0 Å². The molecule has 0 aliphatic heterocycles. The van der Waals surface area contributed by atoms with E-state index in [1.807, 2.05) is 26.0 Å². The van der Waals surface area contributed by atoms with Gasteiger partial charge in [-0.25, -0.2) is 0 Å². The van der Waals surface area contributed by atoms with Gasteiger partial charge in [0.05, 0.1) is 0 Å². The third kappa shape index (κ3) is 5.68. The van der Waals surface area contributed by atoms with Crippen LogP contribution in [0, 0.1) is 37.5 Å². The Morgan fingerprint density at radius 3 is 1.93 bits per heavy atom. The minimum absolute atomic E-state index is 0.344. The monoisotopic (exact) mass is 378 g/mol. The van der Waals surface area contributed by atoms with Crippen molar-refractivity contribution in [3.05, 3.63) is 28.8 Å². The molecule has 2 saturated carbocycles. The average Bonchev–Trinajstić information content (AvgIpc) is 2.64. The van der Waals surface area contributed by atoms with E-state index in [9.17, 15) is 8.78 Å². The molecule has 0 N–H and O–H groups in total. The summed E-state index contributed by atoms with van der Waals surface area (Å²) in [5.74, 6) is 4.10. The summed E-state index contributed by atoms with van der Waals surface area (Å²) in [6.45, 7) is 3.38. The molecular formula is C24H36F2O. The third-order valence-electron chi connectivity index (χ3n) is 7.19. The van der Waals surface area contributed by atoms with Crippen LogP contribution in [0.2, 0.25) is 0 Å². The van der Waals surface area contributed by atoms with Gasteiger partial charge in [0, 0.05) is 0 Å². The fourth-order valence-electron chi connectivity index (χ4n) is 5.54. The SMILES string of the molecule is Cc1cc(CCC2CCC(C3CCC(C)CC3)CC2)cc(C)c1OC(F)F. The first-order chi connectivity index (χ1) is 12.9. The van der Waals surface area contributed by atoms with Gasteiger partial charge in [-0.15, -0.1) is 0 Å². The second-order valence-electron chi connectivity index (χ2n) is 9.28. The number of ether oxygens (including phenoxy) is 1. The van der Waals surface area contributed by atoms with Crippen molar-refractivity contribution in [2.24, 2.45) is 23.7 Å². The molecular weight excluding hydrogens is 342 g/mol. The molecule has 3 heteroatoms. The first kappa shape index (κ1) is 20.6. The highest BCUT2D eigenvalue weighted by Crippen LogP contribution is 2.42. The smallest absolute Gasteiger partial charge is 0.387 e. The van der Waals surface area contributed by atoms with Gasteiger partial charge in [0.15, 0.2) is 0 Å². The molecule has 2 aliphatic carbocycles. The second-order valence-corrected chi connectivity index (χ2v) is 9.28. The summed E-state index contributed by atoms with van der Waals surface area (Å²) in [5.41, 5.74) is 2.90. The summed E-state index contributed by atoms with van der Waals surface area (Å²) in [7, 11) is 0. The van der Waals surface area contributed by atoms with E-state index < -0.39 is 6.61 Å².